The highest BCUT2D eigenvalue weighted by Gasteiger charge is 2.01. The van der Waals surface area contributed by atoms with Crippen LogP contribution in [-0.2, 0) is 6.42 Å². The summed E-state index contributed by atoms with van der Waals surface area (Å²) in [5.41, 5.74) is 0.983. The molecule has 0 radical (unpaired) electrons. The fourth-order valence-corrected chi connectivity index (χ4v) is 1.33. The quantitative estimate of drug-likeness (QED) is 0.673. The molecule has 0 N–H and O–H groups in total. The molecule has 0 aliphatic carbocycles. The largest absolute Gasteiger partial charge is 0.299 e. The van der Waals surface area contributed by atoms with Gasteiger partial charge >= 0.3 is 0 Å². The second-order valence-electron chi connectivity index (χ2n) is 2.53. The van der Waals surface area contributed by atoms with Crippen molar-refractivity contribution in [3.8, 4) is 0 Å². The number of halogens is 1. The van der Waals surface area contributed by atoms with Crippen LogP contribution >= 0.6 is 11.6 Å². The Morgan fingerprint density at radius 1 is 1.42 bits per heavy atom. The summed E-state index contributed by atoms with van der Waals surface area (Å²) in [6.45, 7) is 2.06. The standard InChI is InChI=1S/C8H8ClN3/c1-2-8-11-4-6-3-10-7(9)5-12(6)8/h3-5H,2H2,1H3. The molecule has 0 atom stereocenters. The van der Waals surface area contributed by atoms with Crippen LogP contribution in [0.25, 0.3) is 5.52 Å². The molecule has 2 rings (SSSR count). The SMILES string of the molecule is CCc1ncc2cnc(Cl)cn12. The van der Waals surface area contributed by atoms with Gasteiger partial charge in [0.1, 0.15) is 11.0 Å². The molecule has 3 nitrogen and oxygen atoms in total. The molecule has 4 heteroatoms. The van der Waals surface area contributed by atoms with Gasteiger partial charge in [-0.2, -0.15) is 0 Å². The van der Waals surface area contributed by atoms with E-state index in [4.69, 9.17) is 11.6 Å². The van der Waals surface area contributed by atoms with Crippen molar-refractivity contribution >= 4 is 17.1 Å². The molecule has 0 aliphatic heterocycles. The lowest BCUT2D eigenvalue weighted by Crippen LogP contribution is -1.92. The highest BCUT2D eigenvalue weighted by molar-refractivity contribution is 6.29. The Balaban J connectivity index is 2.75. The van der Waals surface area contributed by atoms with Gasteiger partial charge in [-0.15, -0.1) is 0 Å². The van der Waals surface area contributed by atoms with Crippen LogP contribution in [0.15, 0.2) is 18.6 Å². The van der Waals surface area contributed by atoms with E-state index >= 15 is 0 Å². The predicted molar refractivity (Wildman–Crippen MR) is 47.4 cm³/mol. The van der Waals surface area contributed by atoms with Gasteiger partial charge in [0.15, 0.2) is 0 Å². The molecule has 2 aromatic heterocycles. The summed E-state index contributed by atoms with van der Waals surface area (Å²) in [4.78, 5) is 8.18. The molecule has 12 heavy (non-hydrogen) atoms. The van der Waals surface area contributed by atoms with Gasteiger partial charge in [-0.25, -0.2) is 9.97 Å². The molecule has 0 saturated heterocycles. The summed E-state index contributed by atoms with van der Waals surface area (Å²) in [6, 6.07) is 0. The van der Waals surface area contributed by atoms with Gasteiger partial charge in [0.05, 0.1) is 17.9 Å². The van der Waals surface area contributed by atoms with Crippen molar-refractivity contribution in [1.82, 2.24) is 14.4 Å². The summed E-state index contributed by atoms with van der Waals surface area (Å²) in [5, 5.41) is 0.496. The van der Waals surface area contributed by atoms with E-state index < -0.39 is 0 Å². The monoisotopic (exact) mass is 181 g/mol. The molecule has 2 heterocycles. The van der Waals surface area contributed by atoms with Crippen LogP contribution in [0, 0.1) is 0 Å². The highest BCUT2D eigenvalue weighted by atomic mass is 35.5. The minimum Gasteiger partial charge on any atom is -0.299 e. The first kappa shape index (κ1) is 7.55. The molecule has 0 spiro atoms. The number of imidazole rings is 1. The Bertz CT molecular complexity index is 408. The third-order valence-corrected chi connectivity index (χ3v) is 1.97. The van der Waals surface area contributed by atoms with Crippen LogP contribution in [-0.4, -0.2) is 14.4 Å². The average Bonchev–Trinajstić information content (AvgIpc) is 2.46. The molecule has 0 aliphatic rings. The van der Waals surface area contributed by atoms with Crippen LogP contribution < -0.4 is 0 Å². The van der Waals surface area contributed by atoms with Gasteiger partial charge in [-0.05, 0) is 0 Å². The van der Waals surface area contributed by atoms with Gasteiger partial charge in [0, 0.05) is 12.6 Å². The van der Waals surface area contributed by atoms with Crippen molar-refractivity contribution in [1.29, 1.82) is 0 Å². The second-order valence-corrected chi connectivity index (χ2v) is 2.92. The van der Waals surface area contributed by atoms with E-state index in [1.54, 1.807) is 18.6 Å². The lowest BCUT2D eigenvalue weighted by molar-refractivity contribution is 0.927. The van der Waals surface area contributed by atoms with E-state index in [1.165, 1.54) is 0 Å². The number of nitrogens with zero attached hydrogens (tertiary/aromatic N) is 3. The molecule has 2 aromatic rings. The van der Waals surface area contributed by atoms with E-state index in [0.717, 1.165) is 17.8 Å². The molecule has 0 fully saturated rings. The van der Waals surface area contributed by atoms with Gasteiger partial charge in [-0.3, -0.25) is 4.40 Å². The Hall–Kier alpha value is -1.09. The zero-order chi connectivity index (χ0) is 8.55. The maximum atomic E-state index is 5.74. The topological polar surface area (TPSA) is 30.2 Å². The number of fused-ring (bicyclic) bond motifs is 1. The molecular formula is C8H8ClN3. The van der Waals surface area contributed by atoms with Crippen molar-refractivity contribution in [2.75, 3.05) is 0 Å². The fraction of sp³-hybridized carbons (Fsp3) is 0.250. The minimum atomic E-state index is 0.496. The number of aromatic nitrogens is 3. The Kier molecular flexibility index (Phi) is 1.73. The molecule has 62 valence electrons. The smallest absolute Gasteiger partial charge is 0.145 e. The molecule has 0 saturated carbocycles. The van der Waals surface area contributed by atoms with Crippen molar-refractivity contribution in [3.63, 3.8) is 0 Å². The summed E-state index contributed by atoms with van der Waals surface area (Å²) in [6.07, 6.45) is 6.19. The van der Waals surface area contributed by atoms with E-state index in [0.29, 0.717) is 5.15 Å². The Labute approximate surface area is 75.0 Å². The van der Waals surface area contributed by atoms with E-state index in [9.17, 15) is 0 Å². The lowest BCUT2D eigenvalue weighted by atomic mass is 10.4. The first-order valence-corrected chi connectivity index (χ1v) is 4.16. The third kappa shape index (κ3) is 1.06. The van der Waals surface area contributed by atoms with E-state index in [-0.39, 0.29) is 0 Å². The fourth-order valence-electron chi connectivity index (χ4n) is 1.19. The summed E-state index contributed by atoms with van der Waals surface area (Å²) in [5.74, 6) is 1.01. The maximum absolute atomic E-state index is 5.74. The van der Waals surface area contributed by atoms with Crippen molar-refractivity contribution < 1.29 is 0 Å². The lowest BCUT2D eigenvalue weighted by Gasteiger charge is -1.96. The second kappa shape index (κ2) is 2.75. The Morgan fingerprint density at radius 2 is 2.17 bits per heavy atom. The number of hydrogen-bond acceptors (Lipinski definition) is 2. The third-order valence-electron chi connectivity index (χ3n) is 1.77. The Morgan fingerprint density at radius 3 is 2.92 bits per heavy atom. The van der Waals surface area contributed by atoms with Crippen LogP contribution in [0.1, 0.15) is 12.7 Å². The molecular weight excluding hydrogens is 174 g/mol. The summed E-state index contributed by atoms with van der Waals surface area (Å²) in [7, 11) is 0. The van der Waals surface area contributed by atoms with Gasteiger partial charge in [-0.1, -0.05) is 18.5 Å². The van der Waals surface area contributed by atoms with Crippen LogP contribution in [0.3, 0.4) is 0 Å². The average molecular weight is 182 g/mol. The molecule has 0 unspecified atom stereocenters. The number of hydrogen-bond donors (Lipinski definition) is 0. The first-order chi connectivity index (χ1) is 5.81. The van der Waals surface area contributed by atoms with Crippen molar-refractivity contribution in [3.05, 3.63) is 29.6 Å². The minimum absolute atomic E-state index is 0.496. The number of aryl methyl sites for hydroxylation is 1. The van der Waals surface area contributed by atoms with E-state index in [1.807, 2.05) is 4.40 Å². The maximum Gasteiger partial charge on any atom is 0.145 e. The van der Waals surface area contributed by atoms with Crippen molar-refractivity contribution in [2.45, 2.75) is 13.3 Å². The van der Waals surface area contributed by atoms with Crippen LogP contribution in [0.5, 0.6) is 0 Å². The summed E-state index contributed by atoms with van der Waals surface area (Å²) < 4.78 is 1.95. The number of rotatable bonds is 1. The van der Waals surface area contributed by atoms with Gasteiger partial charge in [0.2, 0.25) is 0 Å². The molecule has 0 bridgehead atoms. The predicted octanol–water partition coefficient (Wildman–Crippen LogP) is 1.95. The first-order valence-electron chi connectivity index (χ1n) is 3.78. The van der Waals surface area contributed by atoms with Crippen LogP contribution in [0.4, 0.5) is 0 Å². The molecule has 0 amide bonds. The normalized spacial score (nSPS) is 10.8. The van der Waals surface area contributed by atoms with Crippen LogP contribution in [0.2, 0.25) is 5.15 Å². The highest BCUT2D eigenvalue weighted by Crippen LogP contribution is 2.09. The van der Waals surface area contributed by atoms with Crippen molar-refractivity contribution in [2.24, 2.45) is 0 Å². The summed E-state index contributed by atoms with van der Waals surface area (Å²) >= 11 is 5.74. The van der Waals surface area contributed by atoms with E-state index in [2.05, 4.69) is 16.9 Å². The van der Waals surface area contributed by atoms with Gasteiger partial charge < -0.3 is 0 Å². The zero-order valence-corrected chi connectivity index (χ0v) is 7.41. The van der Waals surface area contributed by atoms with Gasteiger partial charge in [0.25, 0.3) is 0 Å². The molecule has 0 aromatic carbocycles. The zero-order valence-electron chi connectivity index (χ0n) is 6.66.